The van der Waals surface area contributed by atoms with Crippen LogP contribution in [0.1, 0.15) is 36.3 Å². The van der Waals surface area contributed by atoms with Crippen LogP contribution in [0.3, 0.4) is 0 Å². The highest BCUT2D eigenvalue weighted by atomic mass is 16.3. The summed E-state index contributed by atoms with van der Waals surface area (Å²) < 4.78 is 0. The molecule has 1 nitrogen and oxygen atoms in total. The predicted molar refractivity (Wildman–Crippen MR) is 87.2 cm³/mol. The van der Waals surface area contributed by atoms with Crippen LogP contribution in [0.5, 0.6) is 0 Å². The Labute approximate surface area is 127 Å². The first-order valence-electron chi connectivity index (χ1n) is 8.08. The largest absolute Gasteiger partial charge is 0.396 e. The van der Waals surface area contributed by atoms with Crippen molar-refractivity contribution in [3.63, 3.8) is 0 Å². The van der Waals surface area contributed by atoms with E-state index in [0.717, 1.165) is 18.8 Å². The van der Waals surface area contributed by atoms with Crippen LogP contribution in [0.4, 0.5) is 0 Å². The molecule has 0 heterocycles. The quantitative estimate of drug-likeness (QED) is 0.796. The van der Waals surface area contributed by atoms with E-state index in [9.17, 15) is 5.11 Å². The molecule has 0 radical (unpaired) electrons. The van der Waals surface area contributed by atoms with Crippen LogP contribution >= 0.6 is 0 Å². The van der Waals surface area contributed by atoms with Gasteiger partial charge in [-0.3, -0.25) is 0 Å². The van der Waals surface area contributed by atoms with Crippen LogP contribution in [0.2, 0.25) is 0 Å². The Bertz CT molecular complexity index is 530. The number of benzene rings is 2. The molecule has 21 heavy (non-hydrogen) atoms. The SMILES string of the molecule is OCC(CCc1ccccc1)C(c1ccccc1)C1CC1. The van der Waals surface area contributed by atoms with E-state index in [1.165, 1.54) is 24.0 Å². The van der Waals surface area contributed by atoms with E-state index >= 15 is 0 Å². The van der Waals surface area contributed by atoms with Crippen LogP contribution in [-0.4, -0.2) is 11.7 Å². The predicted octanol–water partition coefficient (Wildman–Crippen LogP) is 4.42. The second-order valence-corrected chi connectivity index (χ2v) is 6.24. The molecule has 1 aliphatic carbocycles. The fraction of sp³-hybridized carbons (Fsp3) is 0.400. The standard InChI is InChI=1S/C20H24O/c21-15-19(12-11-16-7-3-1-4-8-16)20(18-13-14-18)17-9-5-2-6-10-17/h1-10,18-21H,11-15H2. The number of rotatable bonds is 7. The lowest BCUT2D eigenvalue weighted by Gasteiger charge is -2.26. The maximum atomic E-state index is 9.91. The van der Waals surface area contributed by atoms with E-state index in [1.807, 2.05) is 0 Å². The fourth-order valence-electron chi connectivity index (χ4n) is 3.44. The first-order valence-corrected chi connectivity index (χ1v) is 8.08. The first-order chi connectivity index (χ1) is 10.4. The number of hydrogen-bond acceptors (Lipinski definition) is 1. The van der Waals surface area contributed by atoms with Gasteiger partial charge in [-0.1, -0.05) is 60.7 Å². The van der Waals surface area contributed by atoms with Crippen molar-refractivity contribution < 1.29 is 5.11 Å². The van der Waals surface area contributed by atoms with Gasteiger partial charge in [0.15, 0.2) is 0 Å². The molecule has 0 saturated heterocycles. The summed E-state index contributed by atoms with van der Waals surface area (Å²) in [6.45, 7) is 0.295. The molecule has 0 aliphatic heterocycles. The summed E-state index contributed by atoms with van der Waals surface area (Å²) in [6, 6.07) is 21.4. The Hall–Kier alpha value is -1.60. The zero-order chi connectivity index (χ0) is 14.5. The summed E-state index contributed by atoms with van der Waals surface area (Å²) in [5.41, 5.74) is 2.78. The molecule has 1 heteroatoms. The second kappa shape index (κ2) is 6.91. The van der Waals surface area contributed by atoms with Gasteiger partial charge in [0, 0.05) is 6.61 Å². The van der Waals surface area contributed by atoms with Gasteiger partial charge in [-0.15, -0.1) is 0 Å². The highest BCUT2D eigenvalue weighted by Gasteiger charge is 2.36. The molecule has 0 aromatic heterocycles. The normalized spacial score (nSPS) is 17.4. The lowest BCUT2D eigenvalue weighted by atomic mass is 9.79. The fourth-order valence-corrected chi connectivity index (χ4v) is 3.44. The third-order valence-electron chi connectivity index (χ3n) is 4.70. The highest BCUT2D eigenvalue weighted by molar-refractivity contribution is 5.23. The highest BCUT2D eigenvalue weighted by Crippen LogP contribution is 2.47. The molecule has 0 amide bonds. The first kappa shape index (κ1) is 14.3. The van der Waals surface area contributed by atoms with Gasteiger partial charge in [-0.2, -0.15) is 0 Å². The molecule has 2 aromatic carbocycles. The maximum Gasteiger partial charge on any atom is 0.0465 e. The molecule has 2 aromatic rings. The molecular weight excluding hydrogens is 256 g/mol. The molecule has 2 atom stereocenters. The Morgan fingerprint density at radius 3 is 2.10 bits per heavy atom. The van der Waals surface area contributed by atoms with Crippen molar-refractivity contribution in [1.82, 2.24) is 0 Å². The molecule has 0 spiro atoms. The average molecular weight is 280 g/mol. The third kappa shape index (κ3) is 3.74. The van der Waals surface area contributed by atoms with Gasteiger partial charge in [-0.25, -0.2) is 0 Å². The minimum absolute atomic E-state index is 0.295. The average Bonchev–Trinajstić information content (AvgIpc) is 3.38. The van der Waals surface area contributed by atoms with Crippen molar-refractivity contribution in [1.29, 1.82) is 0 Å². The summed E-state index contributed by atoms with van der Waals surface area (Å²) in [5, 5.41) is 9.91. The molecular formula is C20H24O. The van der Waals surface area contributed by atoms with Gasteiger partial charge >= 0.3 is 0 Å². The summed E-state index contributed by atoms with van der Waals surface area (Å²) in [6.07, 6.45) is 4.77. The zero-order valence-electron chi connectivity index (χ0n) is 12.5. The van der Waals surface area contributed by atoms with Crippen molar-refractivity contribution in [2.45, 2.75) is 31.6 Å². The van der Waals surface area contributed by atoms with Gasteiger partial charge in [-0.05, 0) is 54.6 Å². The Kier molecular flexibility index (Phi) is 4.72. The summed E-state index contributed by atoms with van der Waals surface area (Å²) in [4.78, 5) is 0. The molecule has 3 rings (SSSR count). The van der Waals surface area contributed by atoms with Crippen molar-refractivity contribution in [2.24, 2.45) is 11.8 Å². The van der Waals surface area contributed by atoms with Gasteiger partial charge in [0.25, 0.3) is 0 Å². The van der Waals surface area contributed by atoms with Crippen molar-refractivity contribution in [3.05, 3.63) is 71.8 Å². The van der Waals surface area contributed by atoms with Crippen LogP contribution in [0.15, 0.2) is 60.7 Å². The topological polar surface area (TPSA) is 20.2 Å². The number of aryl methyl sites for hydroxylation is 1. The van der Waals surface area contributed by atoms with Crippen molar-refractivity contribution in [2.75, 3.05) is 6.61 Å². The Balaban J connectivity index is 1.71. The van der Waals surface area contributed by atoms with Gasteiger partial charge in [0.05, 0.1) is 0 Å². The summed E-state index contributed by atoms with van der Waals surface area (Å²) in [5.74, 6) is 1.68. The Morgan fingerprint density at radius 1 is 0.905 bits per heavy atom. The van der Waals surface area contributed by atoms with Gasteiger partial charge in [0.1, 0.15) is 0 Å². The molecule has 1 N–H and O–H groups in total. The van der Waals surface area contributed by atoms with Crippen LogP contribution < -0.4 is 0 Å². The minimum Gasteiger partial charge on any atom is -0.396 e. The lowest BCUT2D eigenvalue weighted by molar-refractivity contribution is 0.186. The smallest absolute Gasteiger partial charge is 0.0465 e. The van der Waals surface area contributed by atoms with E-state index in [4.69, 9.17) is 0 Å². The monoisotopic (exact) mass is 280 g/mol. The molecule has 0 bridgehead atoms. The van der Waals surface area contributed by atoms with Gasteiger partial charge < -0.3 is 5.11 Å². The van der Waals surface area contributed by atoms with Gasteiger partial charge in [0.2, 0.25) is 0 Å². The third-order valence-corrected chi connectivity index (χ3v) is 4.70. The van der Waals surface area contributed by atoms with Crippen LogP contribution in [-0.2, 0) is 6.42 Å². The summed E-state index contributed by atoms with van der Waals surface area (Å²) in [7, 11) is 0. The van der Waals surface area contributed by atoms with E-state index in [2.05, 4.69) is 60.7 Å². The van der Waals surface area contributed by atoms with E-state index < -0.39 is 0 Å². The van der Waals surface area contributed by atoms with Crippen molar-refractivity contribution >= 4 is 0 Å². The number of hydrogen-bond donors (Lipinski definition) is 1. The number of aliphatic hydroxyl groups is 1. The van der Waals surface area contributed by atoms with Crippen molar-refractivity contribution in [3.8, 4) is 0 Å². The molecule has 1 saturated carbocycles. The van der Waals surface area contributed by atoms with E-state index in [0.29, 0.717) is 18.4 Å². The molecule has 110 valence electrons. The van der Waals surface area contributed by atoms with E-state index in [-0.39, 0.29) is 0 Å². The molecule has 1 fully saturated rings. The molecule has 2 unspecified atom stereocenters. The number of aliphatic hydroxyl groups excluding tert-OH is 1. The summed E-state index contributed by atoms with van der Waals surface area (Å²) >= 11 is 0. The van der Waals surface area contributed by atoms with Crippen LogP contribution in [0, 0.1) is 11.8 Å². The Morgan fingerprint density at radius 2 is 1.52 bits per heavy atom. The maximum absolute atomic E-state index is 9.91. The molecule has 1 aliphatic rings. The van der Waals surface area contributed by atoms with E-state index in [1.54, 1.807) is 0 Å². The van der Waals surface area contributed by atoms with Crippen LogP contribution in [0.25, 0.3) is 0 Å². The zero-order valence-corrected chi connectivity index (χ0v) is 12.5. The minimum atomic E-state index is 0.295. The second-order valence-electron chi connectivity index (χ2n) is 6.24. The lowest BCUT2D eigenvalue weighted by Crippen LogP contribution is -2.19.